The second-order valence-electron chi connectivity index (χ2n) is 6.95. The molecule has 0 spiro atoms. The van der Waals surface area contributed by atoms with Crippen molar-refractivity contribution in [2.24, 2.45) is 0 Å². The van der Waals surface area contributed by atoms with Crippen LogP contribution in [0.3, 0.4) is 0 Å². The Balaban J connectivity index is 1.69. The van der Waals surface area contributed by atoms with Crippen LogP contribution in [0.25, 0.3) is 0 Å². The lowest BCUT2D eigenvalue weighted by Crippen LogP contribution is -2.14. The molecule has 1 aliphatic rings. The predicted molar refractivity (Wildman–Crippen MR) is 115 cm³/mol. The number of amides is 1. The fourth-order valence-electron chi connectivity index (χ4n) is 3.28. The van der Waals surface area contributed by atoms with Crippen LogP contribution in [-0.2, 0) is 6.54 Å². The lowest BCUT2D eigenvalue weighted by Gasteiger charge is -2.14. The predicted octanol–water partition coefficient (Wildman–Crippen LogP) is 4.26. The number of aromatic nitrogens is 1. The van der Waals surface area contributed by atoms with Gasteiger partial charge in [0.1, 0.15) is 17.1 Å². The summed E-state index contributed by atoms with van der Waals surface area (Å²) in [4.78, 5) is 17.4. The highest BCUT2D eigenvalue weighted by Crippen LogP contribution is 2.36. The van der Waals surface area contributed by atoms with Gasteiger partial charge in [-0.25, -0.2) is 4.98 Å². The van der Waals surface area contributed by atoms with Gasteiger partial charge in [0, 0.05) is 24.5 Å². The summed E-state index contributed by atoms with van der Waals surface area (Å²) in [5, 5.41) is 22.6. The van der Waals surface area contributed by atoms with Crippen LogP contribution in [0, 0.1) is 6.92 Å². The second-order valence-corrected chi connectivity index (χ2v) is 6.95. The first-order valence-corrected chi connectivity index (χ1v) is 9.53. The Hall–Kier alpha value is -3.58. The number of anilines is 5. The topological polar surface area (TPSA) is 98.3 Å². The lowest BCUT2D eigenvalue weighted by atomic mass is 10.1. The molecule has 1 aliphatic heterocycles. The van der Waals surface area contributed by atoms with Crippen molar-refractivity contribution in [3.63, 3.8) is 0 Å². The van der Waals surface area contributed by atoms with E-state index in [0.29, 0.717) is 22.8 Å². The van der Waals surface area contributed by atoms with Gasteiger partial charge in [-0.1, -0.05) is 19.1 Å². The first-order valence-electron chi connectivity index (χ1n) is 9.53. The van der Waals surface area contributed by atoms with Crippen LogP contribution in [0.1, 0.15) is 28.4 Å². The van der Waals surface area contributed by atoms with E-state index in [1.165, 1.54) is 0 Å². The van der Waals surface area contributed by atoms with Crippen molar-refractivity contribution in [2.45, 2.75) is 20.4 Å². The van der Waals surface area contributed by atoms with Crippen LogP contribution in [0.15, 0.2) is 48.7 Å². The van der Waals surface area contributed by atoms with E-state index >= 15 is 0 Å². The van der Waals surface area contributed by atoms with Gasteiger partial charge in [-0.2, -0.15) is 0 Å². The molecule has 2 aromatic carbocycles. The highest BCUT2D eigenvalue weighted by molar-refractivity contribution is 6.15. The van der Waals surface area contributed by atoms with E-state index < -0.39 is 0 Å². The highest BCUT2D eigenvalue weighted by atomic mass is 16.3. The molecule has 2 heterocycles. The molecule has 148 valence electrons. The highest BCUT2D eigenvalue weighted by Gasteiger charge is 2.24. The molecule has 0 saturated heterocycles. The summed E-state index contributed by atoms with van der Waals surface area (Å²) in [6.07, 6.45) is 1.64. The van der Waals surface area contributed by atoms with E-state index in [9.17, 15) is 9.90 Å². The fraction of sp³-hybridized carbons (Fsp3) is 0.182. The van der Waals surface area contributed by atoms with Crippen LogP contribution < -0.4 is 21.3 Å². The minimum Gasteiger partial charge on any atom is -0.508 e. The molecule has 0 saturated carbocycles. The number of aryl methyl sites for hydroxylation is 1. The second kappa shape index (κ2) is 7.81. The van der Waals surface area contributed by atoms with Gasteiger partial charge in [-0.15, -0.1) is 0 Å². The molecular formula is C22H23N5O2. The van der Waals surface area contributed by atoms with Gasteiger partial charge >= 0.3 is 0 Å². The summed E-state index contributed by atoms with van der Waals surface area (Å²) < 4.78 is 0. The van der Waals surface area contributed by atoms with Crippen molar-refractivity contribution in [3.05, 3.63) is 65.4 Å². The number of carbonyl (C=O) groups excluding carboxylic acids is 1. The van der Waals surface area contributed by atoms with Gasteiger partial charge in [-0.05, 0) is 48.9 Å². The SMILES string of the molecule is CCNCc1ccc2c(c1)NC(=O)c1c(Nc3cc(O)ccc3C)ccnc1N2. The molecule has 0 atom stereocenters. The number of rotatable bonds is 5. The number of phenols is 1. The van der Waals surface area contributed by atoms with Crippen LogP contribution in [0.5, 0.6) is 5.75 Å². The first-order chi connectivity index (χ1) is 14.0. The van der Waals surface area contributed by atoms with Crippen LogP contribution in [0.2, 0.25) is 0 Å². The van der Waals surface area contributed by atoms with Gasteiger partial charge < -0.3 is 26.4 Å². The van der Waals surface area contributed by atoms with Crippen LogP contribution >= 0.6 is 0 Å². The van der Waals surface area contributed by atoms with E-state index in [1.807, 2.05) is 31.2 Å². The summed E-state index contributed by atoms with van der Waals surface area (Å²) in [6, 6.07) is 12.7. The lowest BCUT2D eigenvalue weighted by molar-refractivity contribution is 0.102. The molecule has 5 N–H and O–H groups in total. The number of benzene rings is 2. The van der Waals surface area contributed by atoms with Gasteiger partial charge in [0.2, 0.25) is 0 Å². The number of hydrogen-bond acceptors (Lipinski definition) is 6. The molecule has 0 aliphatic carbocycles. The van der Waals surface area contributed by atoms with Gasteiger partial charge in [0.25, 0.3) is 5.91 Å². The van der Waals surface area contributed by atoms with Crippen molar-refractivity contribution in [2.75, 3.05) is 22.5 Å². The van der Waals surface area contributed by atoms with Crippen molar-refractivity contribution < 1.29 is 9.90 Å². The molecule has 7 nitrogen and oxygen atoms in total. The summed E-state index contributed by atoms with van der Waals surface area (Å²) in [5.74, 6) is 0.380. The molecule has 29 heavy (non-hydrogen) atoms. The number of nitrogens with zero attached hydrogens (tertiary/aromatic N) is 1. The van der Waals surface area contributed by atoms with Gasteiger partial charge in [0.05, 0.1) is 17.1 Å². The molecular weight excluding hydrogens is 366 g/mol. The maximum Gasteiger partial charge on any atom is 0.261 e. The first kappa shape index (κ1) is 18.8. The fourth-order valence-corrected chi connectivity index (χ4v) is 3.28. The number of carbonyl (C=O) groups is 1. The zero-order valence-corrected chi connectivity index (χ0v) is 16.3. The van der Waals surface area contributed by atoms with Crippen molar-refractivity contribution in [1.29, 1.82) is 0 Å². The summed E-state index contributed by atoms with van der Waals surface area (Å²) in [6.45, 7) is 5.59. The molecule has 1 aromatic heterocycles. The molecule has 0 bridgehead atoms. The maximum atomic E-state index is 13.1. The summed E-state index contributed by atoms with van der Waals surface area (Å²) in [5.41, 5.74) is 5.28. The number of hydrogen-bond donors (Lipinski definition) is 5. The Labute approximate surface area is 169 Å². The largest absolute Gasteiger partial charge is 0.508 e. The minimum absolute atomic E-state index is 0.154. The molecule has 7 heteroatoms. The number of nitrogens with one attached hydrogen (secondary N) is 4. The Morgan fingerprint density at radius 2 is 1.90 bits per heavy atom. The Bertz CT molecular complexity index is 1080. The third-order valence-corrected chi connectivity index (χ3v) is 4.83. The minimum atomic E-state index is -0.250. The standard InChI is InChI=1S/C22H23N5O2/c1-3-23-12-14-5-7-16-19(10-14)27-22(29)20-17(8-9-24-21(20)26-16)25-18-11-15(28)6-4-13(18)2/h4-11,23,28H,3,12H2,1-2H3,(H,27,29)(H2,24,25,26). The number of aromatic hydroxyl groups is 1. The summed E-state index contributed by atoms with van der Waals surface area (Å²) >= 11 is 0. The molecule has 0 unspecified atom stereocenters. The van der Waals surface area contributed by atoms with E-state index in [2.05, 4.69) is 33.2 Å². The van der Waals surface area contributed by atoms with E-state index in [-0.39, 0.29) is 11.7 Å². The average molecular weight is 389 g/mol. The van der Waals surface area contributed by atoms with E-state index in [4.69, 9.17) is 0 Å². The molecule has 4 rings (SSSR count). The third kappa shape index (κ3) is 3.86. The average Bonchev–Trinajstić information content (AvgIpc) is 2.85. The monoisotopic (exact) mass is 389 g/mol. The van der Waals surface area contributed by atoms with Crippen LogP contribution in [0.4, 0.5) is 28.6 Å². The maximum absolute atomic E-state index is 13.1. The van der Waals surface area contributed by atoms with Gasteiger partial charge in [0.15, 0.2) is 0 Å². The number of pyridine rings is 1. The normalized spacial score (nSPS) is 12.3. The van der Waals surface area contributed by atoms with Crippen molar-refractivity contribution >= 4 is 34.5 Å². The van der Waals surface area contributed by atoms with Crippen LogP contribution in [-0.4, -0.2) is 22.5 Å². The third-order valence-electron chi connectivity index (χ3n) is 4.83. The Morgan fingerprint density at radius 1 is 1.03 bits per heavy atom. The molecule has 3 aromatic rings. The van der Waals surface area contributed by atoms with E-state index in [1.54, 1.807) is 24.4 Å². The van der Waals surface area contributed by atoms with E-state index in [0.717, 1.165) is 35.6 Å². The van der Waals surface area contributed by atoms with Crippen molar-refractivity contribution in [1.82, 2.24) is 10.3 Å². The number of phenolic OH excluding ortho intramolecular Hbond substituents is 1. The quantitative estimate of drug-likeness (QED) is 0.447. The molecule has 1 amide bonds. The molecule has 0 fully saturated rings. The number of fused-ring (bicyclic) bond motifs is 2. The van der Waals surface area contributed by atoms with Crippen molar-refractivity contribution in [3.8, 4) is 5.75 Å². The Morgan fingerprint density at radius 3 is 2.72 bits per heavy atom. The summed E-state index contributed by atoms with van der Waals surface area (Å²) in [7, 11) is 0. The zero-order chi connectivity index (χ0) is 20.4. The Kier molecular flexibility index (Phi) is 5.05. The zero-order valence-electron chi connectivity index (χ0n) is 16.3. The smallest absolute Gasteiger partial charge is 0.261 e. The van der Waals surface area contributed by atoms with Gasteiger partial charge in [-0.3, -0.25) is 4.79 Å². The molecule has 0 radical (unpaired) electrons.